The minimum Gasteiger partial charge on any atom is -0.326 e. The van der Waals surface area contributed by atoms with Crippen molar-refractivity contribution in [3.05, 3.63) is 48.0 Å². The van der Waals surface area contributed by atoms with E-state index in [0.29, 0.717) is 42.9 Å². The highest BCUT2D eigenvalue weighted by atomic mass is 32.2. The summed E-state index contributed by atoms with van der Waals surface area (Å²) >= 11 is 1.00. The van der Waals surface area contributed by atoms with Crippen molar-refractivity contribution in [1.82, 2.24) is 13.1 Å². The number of piperidine rings is 1. The molecule has 2 heterocycles. The topological polar surface area (TPSA) is 92.3 Å². The highest BCUT2D eigenvalue weighted by Crippen LogP contribution is 2.28. The van der Waals surface area contributed by atoms with Crippen LogP contribution in [-0.4, -0.2) is 40.5 Å². The quantitative estimate of drug-likeness (QED) is 0.645. The van der Waals surface area contributed by atoms with Crippen molar-refractivity contribution in [3.63, 3.8) is 0 Å². The van der Waals surface area contributed by atoms with Gasteiger partial charge in [-0.25, -0.2) is 8.42 Å². The SMILES string of the molecule is CC(C)c1ccc(NC(=O)C2CCN(S(=O)(=O)c3cccc4nsnc34)CC2)cc1. The zero-order chi connectivity index (χ0) is 21.3. The molecular formula is C21H24N4O3S2. The fourth-order valence-corrected chi connectivity index (χ4v) is 5.90. The van der Waals surface area contributed by atoms with Gasteiger partial charge in [0, 0.05) is 24.7 Å². The first kappa shape index (κ1) is 20.9. The van der Waals surface area contributed by atoms with Crippen molar-refractivity contribution in [2.24, 2.45) is 5.92 Å². The fraction of sp³-hybridized carbons (Fsp3) is 0.381. The van der Waals surface area contributed by atoms with Crippen LogP contribution in [-0.2, 0) is 14.8 Å². The van der Waals surface area contributed by atoms with Crippen LogP contribution in [0.15, 0.2) is 47.4 Å². The van der Waals surface area contributed by atoms with Crippen LogP contribution in [0.3, 0.4) is 0 Å². The number of carbonyl (C=O) groups is 1. The van der Waals surface area contributed by atoms with Crippen molar-refractivity contribution in [2.45, 2.75) is 37.5 Å². The smallest absolute Gasteiger partial charge is 0.245 e. The Kier molecular flexibility index (Phi) is 5.86. The normalized spacial score (nSPS) is 16.2. The van der Waals surface area contributed by atoms with Gasteiger partial charge >= 0.3 is 0 Å². The van der Waals surface area contributed by atoms with E-state index in [9.17, 15) is 13.2 Å². The number of anilines is 1. The number of amides is 1. The Morgan fingerprint density at radius 3 is 2.47 bits per heavy atom. The van der Waals surface area contributed by atoms with E-state index in [1.807, 2.05) is 24.3 Å². The van der Waals surface area contributed by atoms with Gasteiger partial charge in [-0.3, -0.25) is 4.79 Å². The van der Waals surface area contributed by atoms with E-state index in [1.165, 1.54) is 9.87 Å². The first-order chi connectivity index (χ1) is 14.4. The van der Waals surface area contributed by atoms with Crippen LogP contribution in [0.4, 0.5) is 5.69 Å². The average molecular weight is 445 g/mol. The van der Waals surface area contributed by atoms with Crippen LogP contribution < -0.4 is 5.32 Å². The zero-order valence-electron chi connectivity index (χ0n) is 16.9. The molecule has 0 aliphatic carbocycles. The Hall–Kier alpha value is -2.36. The summed E-state index contributed by atoms with van der Waals surface area (Å²) < 4.78 is 35.9. The molecule has 1 aliphatic heterocycles. The van der Waals surface area contributed by atoms with Crippen LogP contribution in [0.5, 0.6) is 0 Å². The largest absolute Gasteiger partial charge is 0.326 e. The number of sulfonamides is 1. The third-order valence-electron chi connectivity index (χ3n) is 5.54. The lowest BCUT2D eigenvalue weighted by molar-refractivity contribution is -0.120. The standard InChI is InChI=1S/C21H24N4O3S2/c1-14(2)15-6-8-17(9-7-15)22-21(26)16-10-12-25(13-11-16)30(27,28)19-5-3-4-18-20(19)24-29-23-18/h3-9,14,16H,10-13H2,1-2H3,(H,22,26). The maximum Gasteiger partial charge on any atom is 0.245 e. The Bertz CT molecular complexity index is 1150. The van der Waals surface area contributed by atoms with E-state index in [-0.39, 0.29) is 16.7 Å². The number of carbonyl (C=O) groups excluding carboxylic acids is 1. The molecule has 7 nitrogen and oxygen atoms in total. The van der Waals surface area contributed by atoms with Crippen molar-refractivity contribution in [3.8, 4) is 0 Å². The number of rotatable bonds is 5. The fourth-order valence-electron chi connectivity index (χ4n) is 3.68. The van der Waals surface area contributed by atoms with Crippen LogP contribution in [0.1, 0.15) is 38.2 Å². The molecule has 1 fully saturated rings. The monoisotopic (exact) mass is 444 g/mol. The Morgan fingerprint density at radius 2 is 1.80 bits per heavy atom. The van der Waals surface area contributed by atoms with Gasteiger partial charge in [-0.1, -0.05) is 32.0 Å². The number of nitrogens with one attached hydrogen (secondary N) is 1. The molecule has 1 amide bonds. The second kappa shape index (κ2) is 8.41. The zero-order valence-corrected chi connectivity index (χ0v) is 18.5. The summed E-state index contributed by atoms with van der Waals surface area (Å²) in [4.78, 5) is 12.8. The molecule has 4 rings (SSSR count). The lowest BCUT2D eigenvalue weighted by Crippen LogP contribution is -2.41. The molecule has 0 atom stereocenters. The van der Waals surface area contributed by atoms with Crippen molar-refractivity contribution in [1.29, 1.82) is 0 Å². The Balaban J connectivity index is 1.40. The third-order valence-corrected chi connectivity index (χ3v) is 8.01. The molecule has 0 spiro atoms. The van der Waals surface area contributed by atoms with E-state index in [1.54, 1.807) is 18.2 Å². The maximum absolute atomic E-state index is 13.1. The van der Waals surface area contributed by atoms with E-state index in [0.717, 1.165) is 17.4 Å². The number of fused-ring (bicyclic) bond motifs is 1. The lowest BCUT2D eigenvalue weighted by atomic mass is 9.97. The molecule has 1 aliphatic rings. The van der Waals surface area contributed by atoms with Crippen LogP contribution in [0.2, 0.25) is 0 Å². The molecule has 9 heteroatoms. The number of benzene rings is 2. The Labute approximate surface area is 180 Å². The van der Waals surface area contributed by atoms with Gasteiger partial charge in [0.05, 0.1) is 11.7 Å². The summed E-state index contributed by atoms with van der Waals surface area (Å²) in [5.41, 5.74) is 2.98. The second-order valence-corrected chi connectivity index (χ2v) is 10.3. The lowest BCUT2D eigenvalue weighted by Gasteiger charge is -2.30. The van der Waals surface area contributed by atoms with Gasteiger partial charge in [0.2, 0.25) is 15.9 Å². The molecular weight excluding hydrogens is 420 g/mol. The number of aromatic nitrogens is 2. The number of nitrogens with zero attached hydrogens (tertiary/aromatic N) is 3. The molecule has 1 saturated heterocycles. The maximum atomic E-state index is 13.1. The van der Waals surface area contributed by atoms with Gasteiger partial charge in [-0.15, -0.1) is 0 Å². The van der Waals surface area contributed by atoms with Crippen LogP contribution in [0, 0.1) is 5.92 Å². The Morgan fingerprint density at radius 1 is 1.10 bits per heavy atom. The molecule has 2 aromatic carbocycles. The van der Waals surface area contributed by atoms with Crippen molar-refractivity contribution in [2.75, 3.05) is 18.4 Å². The van der Waals surface area contributed by atoms with Gasteiger partial charge in [-0.05, 0) is 48.6 Å². The predicted octanol–water partition coefficient (Wildman–Crippen LogP) is 3.85. The first-order valence-electron chi connectivity index (χ1n) is 9.98. The van der Waals surface area contributed by atoms with Gasteiger partial charge in [0.25, 0.3) is 0 Å². The third kappa shape index (κ3) is 4.10. The molecule has 158 valence electrons. The van der Waals surface area contributed by atoms with Gasteiger partial charge in [-0.2, -0.15) is 13.1 Å². The van der Waals surface area contributed by atoms with Crippen molar-refractivity contribution >= 4 is 44.4 Å². The van der Waals surface area contributed by atoms with Gasteiger partial charge in [0.1, 0.15) is 15.9 Å². The summed E-state index contributed by atoms with van der Waals surface area (Å²) in [7, 11) is -3.67. The van der Waals surface area contributed by atoms with Crippen LogP contribution >= 0.6 is 11.7 Å². The van der Waals surface area contributed by atoms with E-state index in [4.69, 9.17) is 0 Å². The highest BCUT2D eigenvalue weighted by Gasteiger charge is 2.33. The van der Waals surface area contributed by atoms with E-state index < -0.39 is 10.0 Å². The van der Waals surface area contributed by atoms with E-state index >= 15 is 0 Å². The first-order valence-corrected chi connectivity index (χ1v) is 12.2. The number of hydrogen-bond donors (Lipinski definition) is 1. The van der Waals surface area contributed by atoms with Crippen LogP contribution in [0.25, 0.3) is 11.0 Å². The summed E-state index contributed by atoms with van der Waals surface area (Å²) in [5.74, 6) is 0.167. The average Bonchev–Trinajstić information content (AvgIpc) is 3.23. The van der Waals surface area contributed by atoms with Gasteiger partial charge < -0.3 is 5.32 Å². The molecule has 3 aromatic rings. The summed E-state index contributed by atoms with van der Waals surface area (Å²) in [5, 5.41) is 2.96. The van der Waals surface area contributed by atoms with Gasteiger partial charge in [0.15, 0.2) is 0 Å². The molecule has 1 aromatic heterocycles. The number of hydrogen-bond acceptors (Lipinski definition) is 6. The molecule has 0 radical (unpaired) electrons. The molecule has 0 bridgehead atoms. The molecule has 0 unspecified atom stereocenters. The minimum absolute atomic E-state index is 0.0600. The highest BCUT2D eigenvalue weighted by molar-refractivity contribution is 7.89. The summed E-state index contributed by atoms with van der Waals surface area (Å²) in [6, 6.07) is 12.9. The molecule has 0 saturated carbocycles. The predicted molar refractivity (Wildman–Crippen MR) is 118 cm³/mol. The second-order valence-electron chi connectivity index (χ2n) is 7.83. The van der Waals surface area contributed by atoms with Crippen molar-refractivity contribution < 1.29 is 13.2 Å². The summed E-state index contributed by atoms with van der Waals surface area (Å²) in [6.45, 7) is 4.86. The molecule has 1 N–H and O–H groups in total. The summed E-state index contributed by atoms with van der Waals surface area (Å²) in [6.07, 6.45) is 0.973. The minimum atomic E-state index is -3.67. The van der Waals surface area contributed by atoms with E-state index in [2.05, 4.69) is 27.9 Å². The molecule has 30 heavy (non-hydrogen) atoms.